The van der Waals surface area contributed by atoms with Crippen molar-refractivity contribution in [1.29, 1.82) is 0 Å². The summed E-state index contributed by atoms with van der Waals surface area (Å²) in [5.74, 6) is -1.17. The average molecular weight is 592 g/mol. The Hall–Kier alpha value is -3.00. The summed E-state index contributed by atoms with van der Waals surface area (Å²) in [6.45, 7) is 2.23. The summed E-state index contributed by atoms with van der Waals surface area (Å²) < 4.78 is 30.3. The van der Waals surface area contributed by atoms with Crippen molar-refractivity contribution < 1.29 is 18.3 Å². The number of ether oxygens (including phenoxy) is 1. The molecule has 0 aliphatic rings. The summed E-state index contributed by atoms with van der Waals surface area (Å²) in [6.07, 6.45) is 8.82. The molecule has 3 rings (SSSR count). The molecule has 7 heteroatoms. The van der Waals surface area contributed by atoms with E-state index in [4.69, 9.17) is 4.74 Å². The highest BCUT2D eigenvalue weighted by Gasteiger charge is 2.35. The molecule has 0 bridgehead atoms. The molecule has 42 heavy (non-hydrogen) atoms. The lowest BCUT2D eigenvalue weighted by Crippen LogP contribution is -2.36. The van der Waals surface area contributed by atoms with Gasteiger partial charge in [-0.2, -0.15) is 0 Å². The van der Waals surface area contributed by atoms with Crippen molar-refractivity contribution in [2.75, 3.05) is 33.1 Å². The van der Waals surface area contributed by atoms with Crippen LogP contribution in [-0.4, -0.2) is 53.9 Å². The number of benzene rings is 3. The van der Waals surface area contributed by atoms with Crippen LogP contribution in [-0.2, 0) is 15.9 Å². The standard InChI is InChI=1S/C35H48N2O4S/c1-6-7-8-9-10-17-22-29(36(2)3)25-31(34(27-18-13-11-14-19-27)28-20-15-12-16-21-28)35(38)41-32-26-30(37(4)5)23-24-33(32)42(39)40/h11-16,18-21,23-24,26,29,31,34H,6-10,17,22,25H2,1-5H3,(H,39,40)/p-1. The second kappa shape index (κ2) is 17.2. The number of hydrogen-bond acceptors (Lipinski definition) is 6. The summed E-state index contributed by atoms with van der Waals surface area (Å²) in [7, 11) is 7.87. The molecular weight excluding hydrogens is 544 g/mol. The summed E-state index contributed by atoms with van der Waals surface area (Å²) in [4.78, 5) is 18.3. The molecule has 0 heterocycles. The van der Waals surface area contributed by atoms with Gasteiger partial charge in [-0.3, -0.25) is 9.00 Å². The van der Waals surface area contributed by atoms with Crippen molar-refractivity contribution in [2.45, 2.75) is 75.1 Å². The molecular formula is C35H47N2O4S-. The number of hydrogen-bond donors (Lipinski definition) is 0. The maximum Gasteiger partial charge on any atom is 0.315 e. The number of carbonyl (C=O) groups excluding carboxylic acids is 1. The van der Waals surface area contributed by atoms with E-state index in [-0.39, 0.29) is 22.6 Å². The first-order valence-electron chi connectivity index (χ1n) is 15.1. The maximum absolute atomic E-state index is 14.3. The Balaban J connectivity index is 2.01. The van der Waals surface area contributed by atoms with Crippen molar-refractivity contribution in [3.8, 4) is 5.75 Å². The third-order valence-corrected chi connectivity index (χ3v) is 8.70. The number of carbonyl (C=O) groups is 1. The number of unbranched alkanes of at least 4 members (excludes halogenated alkanes) is 5. The SMILES string of the molecule is CCCCCCCCC(CC(C(=O)Oc1cc(N(C)C)ccc1S(=O)[O-])C(c1ccccc1)c1ccccc1)N(C)C. The molecule has 3 aromatic rings. The Kier molecular flexibility index (Phi) is 13.7. The third-order valence-electron chi connectivity index (χ3n) is 8.00. The Bertz CT molecular complexity index is 1210. The minimum atomic E-state index is -2.55. The molecule has 3 atom stereocenters. The zero-order chi connectivity index (χ0) is 30.5. The molecule has 3 unspecified atom stereocenters. The molecule has 0 fully saturated rings. The quantitative estimate of drug-likeness (QED) is 0.0704. The van der Waals surface area contributed by atoms with E-state index >= 15 is 0 Å². The van der Waals surface area contributed by atoms with Crippen molar-refractivity contribution in [2.24, 2.45) is 5.92 Å². The molecule has 6 nitrogen and oxygen atoms in total. The predicted molar refractivity (Wildman–Crippen MR) is 172 cm³/mol. The van der Waals surface area contributed by atoms with E-state index in [1.807, 2.05) is 55.4 Å². The third kappa shape index (κ3) is 9.79. The van der Waals surface area contributed by atoms with Crippen LogP contribution in [0.5, 0.6) is 5.75 Å². The number of esters is 1. The van der Waals surface area contributed by atoms with E-state index in [0.29, 0.717) is 6.42 Å². The minimum Gasteiger partial charge on any atom is -0.768 e. The van der Waals surface area contributed by atoms with Gasteiger partial charge in [0.1, 0.15) is 5.75 Å². The lowest BCUT2D eigenvalue weighted by molar-refractivity contribution is -0.140. The van der Waals surface area contributed by atoms with Crippen LogP contribution in [0, 0.1) is 5.92 Å². The number of rotatable bonds is 17. The lowest BCUT2D eigenvalue weighted by atomic mass is 9.77. The Labute approximate surface area is 255 Å². The number of anilines is 1. The summed E-state index contributed by atoms with van der Waals surface area (Å²) in [5, 5.41) is 0. The largest absolute Gasteiger partial charge is 0.768 e. The normalized spacial score (nSPS) is 13.6. The van der Waals surface area contributed by atoms with Gasteiger partial charge in [-0.25, -0.2) is 0 Å². The van der Waals surface area contributed by atoms with E-state index in [1.165, 1.54) is 38.2 Å². The van der Waals surface area contributed by atoms with Crippen molar-refractivity contribution in [3.63, 3.8) is 0 Å². The van der Waals surface area contributed by atoms with Gasteiger partial charge in [0, 0.05) is 37.8 Å². The summed E-state index contributed by atoms with van der Waals surface area (Å²) >= 11 is -2.55. The lowest BCUT2D eigenvalue weighted by Gasteiger charge is -2.33. The fraction of sp³-hybridized carbons (Fsp3) is 0.457. The van der Waals surface area contributed by atoms with Gasteiger partial charge in [-0.05, 0) is 61.3 Å². The van der Waals surface area contributed by atoms with E-state index in [9.17, 15) is 13.6 Å². The van der Waals surface area contributed by atoms with Gasteiger partial charge < -0.3 is 19.1 Å². The van der Waals surface area contributed by atoms with Gasteiger partial charge in [-0.15, -0.1) is 0 Å². The highest BCUT2D eigenvalue weighted by molar-refractivity contribution is 7.79. The van der Waals surface area contributed by atoms with Crippen molar-refractivity contribution in [1.82, 2.24) is 4.90 Å². The van der Waals surface area contributed by atoms with Gasteiger partial charge in [-0.1, -0.05) is 106 Å². The fourth-order valence-corrected chi connectivity index (χ4v) is 6.01. The zero-order valence-corrected chi connectivity index (χ0v) is 26.6. The van der Waals surface area contributed by atoms with Crippen LogP contribution in [0.1, 0.15) is 75.3 Å². The van der Waals surface area contributed by atoms with Crippen molar-refractivity contribution in [3.05, 3.63) is 90.0 Å². The smallest absolute Gasteiger partial charge is 0.315 e. The van der Waals surface area contributed by atoms with E-state index in [2.05, 4.69) is 50.2 Å². The molecule has 0 radical (unpaired) electrons. The van der Waals surface area contributed by atoms with E-state index < -0.39 is 23.0 Å². The molecule has 0 amide bonds. The maximum atomic E-state index is 14.3. The summed E-state index contributed by atoms with van der Waals surface area (Å²) in [6, 6.07) is 25.1. The van der Waals surface area contributed by atoms with Crippen LogP contribution in [0.15, 0.2) is 83.8 Å². The van der Waals surface area contributed by atoms with E-state index in [1.54, 1.807) is 12.1 Å². The minimum absolute atomic E-state index is 0.0279. The molecule has 0 saturated carbocycles. The monoisotopic (exact) mass is 591 g/mol. The van der Waals surface area contributed by atoms with Crippen LogP contribution < -0.4 is 9.64 Å². The molecule has 0 saturated heterocycles. The Morgan fingerprint density at radius 3 is 1.93 bits per heavy atom. The molecule has 0 aliphatic carbocycles. The molecule has 0 spiro atoms. The number of nitrogens with zero attached hydrogens (tertiary/aromatic N) is 2. The Morgan fingerprint density at radius 2 is 1.40 bits per heavy atom. The topological polar surface area (TPSA) is 72.9 Å². The Morgan fingerprint density at radius 1 is 0.833 bits per heavy atom. The van der Waals surface area contributed by atoms with Gasteiger partial charge in [0.15, 0.2) is 0 Å². The van der Waals surface area contributed by atoms with Crippen LogP contribution in [0.25, 0.3) is 0 Å². The first-order chi connectivity index (χ1) is 20.2. The second-order valence-electron chi connectivity index (χ2n) is 11.5. The van der Waals surface area contributed by atoms with Crippen LogP contribution in [0.4, 0.5) is 5.69 Å². The predicted octanol–water partition coefficient (Wildman–Crippen LogP) is 7.42. The average Bonchev–Trinajstić information content (AvgIpc) is 2.98. The highest BCUT2D eigenvalue weighted by Crippen LogP contribution is 2.38. The highest BCUT2D eigenvalue weighted by atomic mass is 32.2. The second-order valence-corrected chi connectivity index (χ2v) is 12.4. The first kappa shape index (κ1) is 33.5. The first-order valence-corrected chi connectivity index (χ1v) is 16.2. The van der Waals surface area contributed by atoms with Crippen LogP contribution in [0.3, 0.4) is 0 Å². The van der Waals surface area contributed by atoms with E-state index in [0.717, 1.165) is 29.7 Å². The molecule has 228 valence electrons. The van der Waals surface area contributed by atoms with Crippen LogP contribution in [0.2, 0.25) is 0 Å². The zero-order valence-electron chi connectivity index (χ0n) is 25.8. The van der Waals surface area contributed by atoms with Gasteiger partial charge in [0.2, 0.25) is 0 Å². The molecule has 0 aromatic heterocycles. The molecule has 0 aliphatic heterocycles. The van der Waals surface area contributed by atoms with Crippen molar-refractivity contribution >= 4 is 22.7 Å². The van der Waals surface area contributed by atoms with Gasteiger partial charge >= 0.3 is 5.97 Å². The molecule has 3 aromatic carbocycles. The fourth-order valence-electron chi connectivity index (χ4n) is 5.56. The van der Waals surface area contributed by atoms with Gasteiger partial charge in [0.05, 0.1) is 10.8 Å². The summed E-state index contributed by atoms with van der Waals surface area (Å²) in [5.41, 5.74) is 2.80. The van der Waals surface area contributed by atoms with Gasteiger partial charge in [0.25, 0.3) is 0 Å². The molecule has 0 N–H and O–H groups in total. The van der Waals surface area contributed by atoms with Crippen LogP contribution >= 0.6 is 0 Å².